The first kappa shape index (κ1) is 10.6. The normalized spacial score (nSPS) is 11.9. The summed E-state index contributed by atoms with van der Waals surface area (Å²) < 4.78 is 10.3. The van der Waals surface area contributed by atoms with E-state index in [-0.39, 0.29) is 5.92 Å². The Morgan fingerprint density at radius 2 is 1.64 bits per heavy atom. The highest BCUT2D eigenvalue weighted by molar-refractivity contribution is 5.41. The van der Waals surface area contributed by atoms with E-state index in [1.165, 1.54) is 0 Å². The quantitative estimate of drug-likeness (QED) is 0.681. The molecule has 1 atom stereocenters. The highest BCUT2D eigenvalue weighted by Gasteiger charge is 2.05. The molecule has 14 heavy (non-hydrogen) atoms. The van der Waals surface area contributed by atoms with Gasteiger partial charge >= 0.3 is 0 Å². The number of hydrogen-bond acceptors (Lipinski definition) is 2. The van der Waals surface area contributed by atoms with Crippen LogP contribution in [-0.4, -0.2) is 14.2 Å². The van der Waals surface area contributed by atoms with Crippen molar-refractivity contribution in [2.45, 2.75) is 5.92 Å². The maximum absolute atomic E-state index is 5.15. The van der Waals surface area contributed by atoms with Crippen LogP contribution in [0.3, 0.4) is 0 Å². The van der Waals surface area contributed by atoms with Crippen molar-refractivity contribution >= 4 is 0 Å². The average molecular weight is 191 g/mol. The molecule has 0 fully saturated rings. The summed E-state index contributed by atoms with van der Waals surface area (Å²) in [5, 5.41) is 0. The molecule has 0 bridgehead atoms. The Balaban J connectivity index is 3.09. The van der Waals surface area contributed by atoms with Crippen molar-refractivity contribution in [2.75, 3.05) is 14.2 Å². The minimum absolute atomic E-state index is 0.0546. The fourth-order valence-electron chi connectivity index (χ4n) is 1.18. The van der Waals surface area contributed by atoms with E-state index < -0.39 is 0 Å². The zero-order valence-electron chi connectivity index (χ0n) is 8.62. The van der Waals surface area contributed by atoms with Crippen molar-refractivity contribution in [3.8, 4) is 11.5 Å². The summed E-state index contributed by atoms with van der Waals surface area (Å²) in [7, 11) is 3.26. The molecule has 1 aromatic rings. The zero-order valence-corrected chi connectivity index (χ0v) is 8.62. The molecule has 2 heteroatoms. The second-order valence-corrected chi connectivity index (χ2v) is 2.99. The van der Waals surface area contributed by atoms with Crippen LogP contribution in [0.4, 0.5) is 0 Å². The van der Waals surface area contributed by atoms with E-state index in [1.807, 2.05) is 18.2 Å². The van der Waals surface area contributed by atoms with E-state index in [4.69, 9.17) is 9.47 Å². The topological polar surface area (TPSA) is 18.5 Å². The van der Waals surface area contributed by atoms with Crippen molar-refractivity contribution in [3.05, 3.63) is 43.3 Å². The monoisotopic (exact) mass is 191 g/mol. The third kappa shape index (κ3) is 2.28. The van der Waals surface area contributed by atoms with Crippen LogP contribution < -0.4 is 9.47 Å². The SMILES string of the molecule is [CH2]C(C=C)c1cc(OC)cc(OC)c1. The molecule has 75 valence electrons. The standard InChI is InChI=1S/C12H15O2/c1-5-9(2)10-6-11(13-3)8-12(7-10)14-4/h5-9H,1-2H2,3-4H3. The van der Waals surface area contributed by atoms with E-state index in [0.717, 1.165) is 17.1 Å². The van der Waals surface area contributed by atoms with Gasteiger partial charge in [-0.1, -0.05) is 6.08 Å². The molecule has 1 unspecified atom stereocenters. The molecule has 0 aliphatic rings. The van der Waals surface area contributed by atoms with Crippen molar-refractivity contribution in [1.29, 1.82) is 0 Å². The summed E-state index contributed by atoms with van der Waals surface area (Å²) in [6, 6.07) is 5.70. The van der Waals surface area contributed by atoms with Crippen LogP contribution in [0.15, 0.2) is 30.9 Å². The van der Waals surface area contributed by atoms with Gasteiger partial charge in [-0.2, -0.15) is 0 Å². The van der Waals surface area contributed by atoms with Crippen LogP contribution in [0, 0.1) is 6.92 Å². The number of allylic oxidation sites excluding steroid dienone is 1. The van der Waals surface area contributed by atoms with E-state index in [0.29, 0.717) is 0 Å². The van der Waals surface area contributed by atoms with Gasteiger partial charge in [-0.25, -0.2) is 0 Å². The Morgan fingerprint density at radius 3 is 2.00 bits per heavy atom. The molecular weight excluding hydrogens is 176 g/mol. The lowest BCUT2D eigenvalue weighted by Gasteiger charge is -2.10. The van der Waals surface area contributed by atoms with Crippen molar-refractivity contribution in [2.24, 2.45) is 0 Å². The lowest BCUT2D eigenvalue weighted by molar-refractivity contribution is 0.393. The van der Waals surface area contributed by atoms with E-state index >= 15 is 0 Å². The van der Waals surface area contributed by atoms with Gasteiger partial charge in [0.2, 0.25) is 0 Å². The predicted molar refractivity (Wildman–Crippen MR) is 57.8 cm³/mol. The van der Waals surface area contributed by atoms with Gasteiger partial charge in [0.25, 0.3) is 0 Å². The third-order valence-electron chi connectivity index (χ3n) is 2.09. The maximum atomic E-state index is 5.15. The highest BCUT2D eigenvalue weighted by Crippen LogP contribution is 2.27. The van der Waals surface area contributed by atoms with Gasteiger partial charge in [0.1, 0.15) is 11.5 Å². The summed E-state index contributed by atoms with van der Waals surface area (Å²) in [5.41, 5.74) is 1.04. The van der Waals surface area contributed by atoms with E-state index in [9.17, 15) is 0 Å². The van der Waals surface area contributed by atoms with Gasteiger partial charge in [0.05, 0.1) is 14.2 Å². The minimum atomic E-state index is 0.0546. The molecule has 0 heterocycles. The third-order valence-corrected chi connectivity index (χ3v) is 2.09. The van der Waals surface area contributed by atoms with Crippen molar-refractivity contribution < 1.29 is 9.47 Å². The number of rotatable bonds is 4. The predicted octanol–water partition coefficient (Wildman–Crippen LogP) is 2.81. The zero-order chi connectivity index (χ0) is 10.6. The first-order valence-electron chi connectivity index (χ1n) is 4.40. The Kier molecular flexibility index (Phi) is 3.57. The Hall–Kier alpha value is -1.44. The Bertz CT molecular complexity index is 296. The van der Waals surface area contributed by atoms with Gasteiger partial charge in [-0.05, 0) is 24.6 Å². The van der Waals surface area contributed by atoms with Gasteiger partial charge in [-0.3, -0.25) is 0 Å². The fraction of sp³-hybridized carbons (Fsp3) is 0.250. The number of benzene rings is 1. The van der Waals surface area contributed by atoms with Crippen LogP contribution in [-0.2, 0) is 0 Å². The molecule has 0 saturated heterocycles. The lowest BCUT2D eigenvalue weighted by Crippen LogP contribution is -1.93. The van der Waals surface area contributed by atoms with Crippen LogP contribution in [0.2, 0.25) is 0 Å². The van der Waals surface area contributed by atoms with E-state index in [2.05, 4.69) is 13.5 Å². The van der Waals surface area contributed by atoms with Gasteiger partial charge in [0, 0.05) is 12.0 Å². The van der Waals surface area contributed by atoms with Gasteiger partial charge < -0.3 is 9.47 Å². The van der Waals surface area contributed by atoms with Crippen LogP contribution >= 0.6 is 0 Å². The smallest absolute Gasteiger partial charge is 0.122 e. The summed E-state index contributed by atoms with van der Waals surface area (Å²) in [5.74, 6) is 1.60. The second-order valence-electron chi connectivity index (χ2n) is 2.99. The molecule has 0 saturated carbocycles. The average Bonchev–Trinajstić information content (AvgIpc) is 2.27. The van der Waals surface area contributed by atoms with E-state index in [1.54, 1.807) is 20.3 Å². The molecule has 1 radical (unpaired) electrons. The second kappa shape index (κ2) is 4.70. The molecule has 1 rings (SSSR count). The van der Waals surface area contributed by atoms with Crippen molar-refractivity contribution in [3.63, 3.8) is 0 Å². The summed E-state index contributed by atoms with van der Waals surface area (Å²) in [4.78, 5) is 0. The molecule has 0 amide bonds. The summed E-state index contributed by atoms with van der Waals surface area (Å²) >= 11 is 0. The maximum Gasteiger partial charge on any atom is 0.122 e. The first-order chi connectivity index (χ1) is 6.71. The van der Waals surface area contributed by atoms with Gasteiger partial charge in [0.15, 0.2) is 0 Å². The number of hydrogen-bond donors (Lipinski definition) is 0. The lowest BCUT2D eigenvalue weighted by atomic mass is 10.0. The van der Waals surface area contributed by atoms with Crippen LogP contribution in [0.25, 0.3) is 0 Å². The molecule has 0 aromatic heterocycles. The highest BCUT2D eigenvalue weighted by atomic mass is 16.5. The summed E-state index contributed by atoms with van der Waals surface area (Å²) in [6.07, 6.45) is 1.79. The molecule has 1 aromatic carbocycles. The molecular formula is C12H15O2. The fourth-order valence-corrected chi connectivity index (χ4v) is 1.18. The first-order valence-corrected chi connectivity index (χ1v) is 4.40. The molecule has 0 aliphatic carbocycles. The number of methoxy groups -OCH3 is 2. The number of ether oxygens (including phenoxy) is 2. The molecule has 0 aliphatic heterocycles. The largest absolute Gasteiger partial charge is 0.497 e. The Morgan fingerprint density at radius 1 is 1.14 bits per heavy atom. The molecule has 0 spiro atoms. The van der Waals surface area contributed by atoms with Crippen LogP contribution in [0.5, 0.6) is 11.5 Å². The van der Waals surface area contributed by atoms with Gasteiger partial charge in [-0.15, -0.1) is 6.58 Å². The van der Waals surface area contributed by atoms with Crippen LogP contribution in [0.1, 0.15) is 11.5 Å². The summed E-state index contributed by atoms with van der Waals surface area (Å²) in [6.45, 7) is 7.65. The molecule has 2 nitrogen and oxygen atoms in total. The Labute approximate surface area is 85.2 Å². The molecule has 0 N–H and O–H groups in total. The van der Waals surface area contributed by atoms with Crippen molar-refractivity contribution in [1.82, 2.24) is 0 Å². The minimum Gasteiger partial charge on any atom is -0.497 e.